The Bertz CT molecular complexity index is 491. The Kier molecular flexibility index (Phi) is 3.65. The van der Waals surface area contributed by atoms with Crippen LogP contribution in [-0.4, -0.2) is 5.11 Å². The summed E-state index contributed by atoms with van der Waals surface area (Å²) in [5, 5.41) is 10.2. The van der Waals surface area contributed by atoms with Crippen LogP contribution in [0.5, 0.6) is 0 Å². The topological polar surface area (TPSA) is 20.2 Å². The summed E-state index contributed by atoms with van der Waals surface area (Å²) in [4.78, 5) is 0. The van der Waals surface area contributed by atoms with E-state index < -0.39 is 17.7 Å². The van der Waals surface area contributed by atoms with Gasteiger partial charge >= 0.3 is 0 Å². The van der Waals surface area contributed by atoms with Crippen LogP contribution in [0.25, 0.3) is 0 Å². The molecule has 0 heterocycles. The summed E-state index contributed by atoms with van der Waals surface area (Å²) >= 11 is 3.04. The molecule has 0 amide bonds. The summed E-state index contributed by atoms with van der Waals surface area (Å²) in [5.74, 6) is 0.524. The fourth-order valence-electron chi connectivity index (χ4n) is 3.92. The molecule has 2 bridgehead atoms. The maximum atomic E-state index is 13.9. The lowest BCUT2D eigenvalue weighted by Crippen LogP contribution is -2.16. The van der Waals surface area contributed by atoms with Crippen molar-refractivity contribution in [3.8, 4) is 0 Å². The van der Waals surface area contributed by atoms with Crippen molar-refractivity contribution in [1.82, 2.24) is 0 Å². The molecule has 104 valence electrons. The Hall–Kier alpha value is -0.480. The molecule has 0 radical (unpaired) electrons. The summed E-state index contributed by atoms with van der Waals surface area (Å²) in [6, 6.07) is 2.53. The molecule has 19 heavy (non-hydrogen) atoms. The van der Waals surface area contributed by atoms with Gasteiger partial charge in [-0.3, -0.25) is 0 Å². The number of hydrogen-bond donors (Lipinski definition) is 1. The molecular weight excluding hydrogens is 314 g/mol. The van der Waals surface area contributed by atoms with E-state index in [1.54, 1.807) is 0 Å². The normalized spacial score (nSPS) is 30.8. The van der Waals surface area contributed by atoms with Gasteiger partial charge in [-0.05, 0) is 71.5 Å². The number of rotatable bonds is 3. The third-order valence-corrected chi connectivity index (χ3v) is 5.44. The first-order valence-electron chi connectivity index (χ1n) is 6.87. The van der Waals surface area contributed by atoms with Crippen molar-refractivity contribution >= 4 is 15.9 Å². The monoisotopic (exact) mass is 330 g/mol. The molecule has 4 unspecified atom stereocenters. The fraction of sp³-hybridized carbons (Fsp3) is 0.600. The second-order valence-electron chi connectivity index (χ2n) is 5.94. The molecule has 0 aromatic heterocycles. The van der Waals surface area contributed by atoms with E-state index in [0.29, 0.717) is 18.3 Å². The van der Waals surface area contributed by atoms with Crippen LogP contribution in [0.15, 0.2) is 16.6 Å². The Morgan fingerprint density at radius 3 is 2.68 bits per heavy atom. The summed E-state index contributed by atoms with van der Waals surface area (Å²) in [6.45, 7) is 0. The zero-order valence-corrected chi connectivity index (χ0v) is 12.2. The van der Waals surface area contributed by atoms with Crippen molar-refractivity contribution in [2.24, 2.45) is 17.8 Å². The molecular formula is C15H17BrF2O. The minimum Gasteiger partial charge on any atom is -0.388 e. The van der Waals surface area contributed by atoms with Crippen LogP contribution in [0.1, 0.15) is 43.8 Å². The van der Waals surface area contributed by atoms with Crippen molar-refractivity contribution in [2.75, 3.05) is 0 Å². The third kappa shape index (κ3) is 2.45. The van der Waals surface area contributed by atoms with Gasteiger partial charge in [0.1, 0.15) is 11.6 Å². The molecule has 3 rings (SSSR count). The molecule has 4 heteroatoms. The van der Waals surface area contributed by atoms with Crippen LogP contribution in [0.3, 0.4) is 0 Å². The lowest BCUT2D eigenvalue weighted by atomic mass is 9.83. The van der Waals surface area contributed by atoms with Gasteiger partial charge in [0.25, 0.3) is 0 Å². The lowest BCUT2D eigenvalue weighted by molar-refractivity contribution is 0.118. The molecule has 0 aliphatic heterocycles. The number of aliphatic hydroxyl groups is 1. The van der Waals surface area contributed by atoms with Crippen LogP contribution in [0.2, 0.25) is 0 Å². The van der Waals surface area contributed by atoms with E-state index in [9.17, 15) is 13.9 Å². The van der Waals surface area contributed by atoms with Gasteiger partial charge in [-0.25, -0.2) is 8.78 Å². The Morgan fingerprint density at radius 1 is 1.26 bits per heavy atom. The SMILES string of the molecule is OC(CC1CC2CCC1C2)c1c(F)ccc(Br)c1F. The molecule has 2 fully saturated rings. The van der Waals surface area contributed by atoms with Crippen LogP contribution >= 0.6 is 15.9 Å². The van der Waals surface area contributed by atoms with Crippen molar-refractivity contribution in [2.45, 2.75) is 38.2 Å². The number of benzene rings is 1. The maximum absolute atomic E-state index is 13.9. The average molecular weight is 331 g/mol. The highest BCUT2D eigenvalue weighted by atomic mass is 79.9. The van der Waals surface area contributed by atoms with Gasteiger partial charge < -0.3 is 5.11 Å². The van der Waals surface area contributed by atoms with Gasteiger partial charge in [-0.15, -0.1) is 0 Å². The Balaban J connectivity index is 1.77. The summed E-state index contributed by atoms with van der Waals surface area (Å²) in [5.41, 5.74) is -0.183. The minimum absolute atomic E-state index is 0.183. The quantitative estimate of drug-likeness (QED) is 0.804. The molecule has 4 atom stereocenters. The van der Waals surface area contributed by atoms with Gasteiger partial charge in [0.05, 0.1) is 16.1 Å². The van der Waals surface area contributed by atoms with Crippen molar-refractivity contribution in [3.63, 3.8) is 0 Å². The van der Waals surface area contributed by atoms with Gasteiger partial charge in [0, 0.05) is 0 Å². The molecule has 1 N–H and O–H groups in total. The summed E-state index contributed by atoms with van der Waals surface area (Å²) < 4.78 is 27.9. The smallest absolute Gasteiger partial charge is 0.146 e. The second-order valence-corrected chi connectivity index (χ2v) is 6.80. The molecule has 2 saturated carbocycles. The van der Waals surface area contributed by atoms with Crippen LogP contribution in [-0.2, 0) is 0 Å². The number of aliphatic hydroxyl groups excluding tert-OH is 1. The van der Waals surface area contributed by atoms with E-state index in [-0.39, 0.29) is 10.0 Å². The number of hydrogen-bond acceptors (Lipinski definition) is 1. The second kappa shape index (κ2) is 5.13. The Morgan fingerprint density at radius 2 is 2.05 bits per heavy atom. The van der Waals surface area contributed by atoms with E-state index >= 15 is 0 Å². The van der Waals surface area contributed by atoms with Gasteiger partial charge in [0.15, 0.2) is 0 Å². The standard InChI is InChI=1S/C15H17BrF2O/c16-11-3-4-12(17)14(15(11)18)13(19)7-10-6-8-1-2-9(10)5-8/h3-4,8-10,13,19H,1-2,5-7H2. The predicted octanol–water partition coefficient (Wildman–Crippen LogP) is 4.59. The molecule has 1 aromatic rings. The minimum atomic E-state index is -1.04. The summed E-state index contributed by atoms with van der Waals surface area (Å²) in [7, 11) is 0. The van der Waals surface area contributed by atoms with Crippen LogP contribution in [0, 0.1) is 29.4 Å². The fourth-order valence-corrected chi connectivity index (χ4v) is 4.26. The van der Waals surface area contributed by atoms with E-state index in [0.717, 1.165) is 12.3 Å². The predicted molar refractivity (Wildman–Crippen MR) is 72.6 cm³/mol. The van der Waals surface area contributed by atoms with Gasteiger partial charge in [-0.1, -0.05) is 6.42 Å². The molecule has 1 nitrogen and oxygen atoms in total. The van der Waals surface area contributed by atoms with Crippen LogP contribution < -0.4 is 0 Å². The van der Waals surface area contributed by atoms with Crippen molar-refractivity contribution in [3.05, 3.63) is 33.8 Å². The highest BCUT2D eigenvalue weighted by Gasteiger charge is 2.40. The summed E-state index contributed by atoms with van der Waals surface area (Å²) in [6.07, 6.45) is 4.29. The largest absolute Gasteiger partial charge is 0.388 e. The first-order chi connectivity index (χ1) is 9.06. The molecule has 0 saturated heterocycles. The first kappa shape index (κ1) is 13.5. The molecule has 2 aliphatic rings. The van der Waals surface area contributed by atoms with E-state index in [1.807, 2.05) is 0 Å². The molecule has 1 aromatic carbocycles. The highest BCUT2D eigenvalue weighted by molar-refractivity contribution is 9.10. The van der Waals surface area contributed by atoms with Gasteiger partial charge in [-0.2, -0.15) is 0 Å². The van der Waals surface area contributed by atoms with Crippen molar-refractivity contribution in [1.29, 1.82) is 0 Å². The molecule has 0 spiro atoms. The van der Waals surface area contributed by atoms with Gasteiger partial charge in [0.2, 0.25) is 0 Å². The lowest BCUT2D eigenvalue weighted by Gasteiger charge is -2.24. The highest BCUT2D eigenvalue weighted by Crippen LogP contribution is 2.51. The number of fused-ring (bicyclic) bond motifs is 2. The van der Waals surface area contributed by atoms with E-state index in [2.05, 4.69) is 15.9 Å². The first-order valence-corrected chi connectivity index (χ1v) is 7.67. The molecule has 2 aliphatic carbocycles. The van der Waals surface area contributed by atoms with Crippen molar-refractivity contribution < 1.29 is 13.9 Å². The Labute approximate surface area is 120 Å². The average Bonchev–Trinajstić information content (AvgIpc) is 2.96. The van der Waals surface area contributed by atoms with E-state index in [1.165, 1.54) is 31.4 Å². The maximum Gasteiger partial charge on any atom is 0.146 e. The van der Waals surface area contributed by atoms with E-state index in [4.69, 9.17) is 0 Å². The zero-order valence-electron chi connectivity index (χ0n) is 10.6. The number of halogens is 3. The zero-order chi connectivity index (χ0) is 13.6. The third-order valence-electron chi connectivity index (χ3n) is 4.82. The van der Waals surface area contributed by atoms with Crippen LogP contribution in [0.4, 0.5) is 8.78 Å².